The van der Waals surface area contributed by atoms with Gasteiger partial charge >= 0.3 is 12.2 Å². The molecule has 4 fully saturated rings. The van der Waals surface area contributed by atoms with Crippen molar-refractivity contribution in [3.05, 3.63) is 60.4 Å². The molecule has 2 aliphatic heterocycles. The summed E-state index contributed by atoms with van der Waals surface area (Å²) in [6.07, 6.45) is 5.16. The fourth-order valence-corrected chi connectivity index (χ4v) is 9.02. The Morgan fingerprint density at radius 1 is 0.737 bits per heavy atom. The van der Waals surface area contributed by atoms with Crippen LogP contribution in [0.5, 0.6) is 0 Å². The van der Waals surface area contributed by atoms with Crippen LogP contribution in [-0.2, 0) is 14.3 Å². The molecular weight excluding hydrogens is 729 g/mol. The zero-order valence-electron chi connectivity index (χ0n) is 32.4. The number of imidazole rings is 2. The Labute approximate surface area is 328 Å². The summed E-state index contributed by atoms with van der Waals surface area (Å²) in [7, 11) is 1.29. The van der Waals surface area contributed by atoms with Gasteiger partial charge in [-0.25, -0.2) is 24.5 Å². The molecule has 2 saturated carbocycles. The van der Waals surface area contributed by atoms with Gasteiger partial charge in [0.25, 0.3) is 0 Å². The number of ether oxygens (including phenoxy) is 1. The summed E-state index contributed by atoms with van der Waals surface area (Å²) in [6, 6.07) is 10.0. The van der Waals surface area contributed by atoms with Crippen LogP contribution in [0.2, 0.25) is 0 Å². The number of alkyl carbamates (subject to hydrolysis) is 1. The Balaban J connectivity index is 0.927. The highest BCUT2D eigenvalue weighted by molar-refractivity contribution is 5.89. The van der Waals surface area contributed by atoms with E-state index in [4.69, 9.17) is 19.7 Å². The maximum Gasteiger partial charge on any atom is 0.407 e. The summed E-state index contributed by atoms with van der Waals surface area (Å²) < 4.78 is 4.80. The van der Waals surface area contributed by atoms with E-state index in [2.05, 4.69) is 25.6 Å². The van der Waals surface area contributed by atoms with Crippen molar-refractivity contribution in [3.63, 3.8) is 0 Å². The molecule has 5 heterocycles. The number of likely N-dealkylation sites (tertiary alicyclic amines) is 2. The molecule has 4 aliphatic rings. The molecule has 16 nitrogen and oxygen atoms in total. The van der Waals surface area contributed by atoms with Crippen molar-refractivity contribution in [2.75, 3.05) is 7.11 Å². The van der Waals surface area contributed by atoms with Crippen LogP contribution in [0.15, 0.2) is 48.8 Å². The predicted molar refractivity (Wildman–Crippen MR) is 208 cm³/mol. The second-order valence-corrected chi connectivity index (χ2v) is 16.6. The van der Waals surface area contributed by atoms with Gasteiger partial charge in [0.05, 0.1) is 65.0 Å². The number of carbonyl (C=O) groups excluding carboxylic acids is 3. The molecule has 5 N–H and O–H groups in total. The number of hydrogen-bond donors (Lipinski definition) is 5. The van der Waals surface area contributed by atoms with Crippen LogP contribution < -0.4 is 10.6 Å². The number of piperidine rings is 2. The van der Waals surface area contributed by atoms with Crippen molar-refractivity contribution in [2.24, 2.45) is 23.7 Å². The van der Waals surface area contributed by atoms with Gasteiger partial charge in [-0.05, 0) is 73.6 Å². The Morgan fingerprint density at radius 2 is 1.37 bits per heavy atom. The van der Waals surface area contributed by atoms with Crippen LogP contribution in [0.4, 0.5) is 9.59 Å². The molecule has 9 rings (SSSR count). The summed E-state index contributed by atoms with van der Waals surface area (Å²) in [6.45, 7) is 7.50. The number of fused-ring (bicyclic) bond motifs is 4. The molecule has 8 atom stereocenters. The second-order valence-electron chi connectivity index (χ2n) is 16.6. The molecule has 5 aromatic rings. The first-order valence-electron chi connectivity index (χ1n) is 19.7. The highest BCUT2D eigenvalue weighted by Gasteiger charge is 2.57. The van der Waals surface area contributed by atoms with Crippen molar-refractivity contribution >= 4 is 46.1 Å². The van der Waals surface area contributed by atoms with Crippen molar-refractivity contribution in [2.45, 2.75) is 89.6 Å². The van der Waals surface area contributed by atoms with Gasteiger partial charge in [0, 0.05) is 23.2 Å². The topological polar surface area (TPSA) is 211 Å². The smallest absolute Gasteiger partial charge is 0.407 e. The lowest BCUT2D eigenvalue weighted by Crippen LogP contribution is -2.52. The average molecular weight is 775 g/mol. The van der Waals surface area contributed by atoms with E-state index < -0.39 is 24.3 Å². The summed E-state index contributed by atoms with van der Waals surface area (Å²) in [5.41, 5.74) is 6.27. The van der Waals surface area contributed by atoms with E-state index in [-0.39, 0.29) is 47.8 Å². The van der Waals surface area contributed by atoms with Crippen LogP contribution in [0, 0.1) is 23.7 Å². The van der Waals surface area contributed by atoms with Crippen molar-refractivity contribution in [3.8, 4) is 22.5 Å². The number of amides is 4. The van der Waals surface area contributed by atoms with Crippen LogP contribution in [-0.4, -0.2) is 100 Å². The SMILES string of the molecule is COC(=O)N[C@H](C(=O)N1[C@@H]2C[C@H]2C[C@H]1c1nc2ccc(-c3cnc4cc(-c5cnc([C@@H]6C[C@H]7C[C@H]7N6C(=O)[C@@H](NC(=O)O)C(C)C)[nH]5)ccc4n3)cc2[nH]1)C(C)C. The second kappa shape index (κ2) is 13.8. The van der Waals surface area contributed by atoms with Gasteiger partial charge in [-0.1, -0.05) is 39.8 Å². The Hall–Kier alpha value is -6.06. The molecule has 296 valence electrons. The highest BCUT2D eigenvalue weighted by Crippen LogP contribution is 2.54. The van der Waals surface area contributed by atoms with Crippen LogP contribution in [0.1, 0.15) is 77.1 Å². The van der Waals surface area contributed by atoms with Gasteiger partial charge in [-0.3, -0.25) is 14.6 Å². The number of methoxy groups -OCH3 is 1. The quantitative estimate of drug-likeness (QED) is 0.119. The number of nitrogens with one attached hydrogen (secondary N) is 4. The number of aromatic nitrogens is 6. The first-order chi connectivity index (χ1) is 27.4. The van der Waals surface area contributed by atoms with Gasteiger partial charge in [-0.2, -0.15) is 0 Å². The maximum atomic E-state index is 13.9. The van der Waals surface area contributed by atoms with Gasteiger partial charge in [0.2, 0.25) is 11.8 Å². The van der Waals surface area contributed by atoms with Crippen LogP contribution in [0.3, 0.4) is 0 Å². The van der Waals surface area contributed by atoms with Gasteiger partial charge in [0.1, 0.15) is 23.7 Å². The zero-order chi connectivity index (χ0) is 39.9. The molecule has 0 bridgehead atoms. The minimum Gasteiger partial charge on any atom is -0.465 e. The number of rotatable bonds is 10. The highest BCUT2D eigenvalue weighted by atomic mass is 16.5. The fourth-order valence-electron chi connectivity index (χ4n) is 9.02. The van der Waals surface area contributed by atoms with Gasteiger partial charge in [-0.15, -0.1) is 0 Å². The number of carbonyl (C=O) groups is 4. The summed E-state index contributed by atoms with van der Waals surface area (Å²) in [4.78, 5) is 81.0. The molecule has 2 saturated heterocycles. The largest absolute Gasteiger partial charge is 0.465 e. The number of aromatic amines is 2. The molecule has 0 spiro atoms. The Kier molecular flexibility index (Phi) is 8.88. The van der Waals surface area contributed by atoms with Gasteiger partial charge < -0.3 is 40.2 Å². The molecule has 0 radical (unpaired) electrons. The first kappa shape index (κ1) is 36.6. The van der Waals surface area contributed by atoms with Crippen LogP contribution >= 0.6 is 0 Å². The van der Waals surface area contributed by atoms with E-state index in [1.165, 1.54) is 7.11 Å². The van der Waals surface area contributed by atoms with Crippen molar-refractivity contribution in [1.82, 2.24) is 50.3 Å². The third-order valence-corrected chi connectivity index (χ3v) is 12.2. The van der Waals surface area contributed by atoms with Gasteiger partial charge in [0.15, 0.2) is 0 Å². The number of hydrogen-bond acceptors (Lipinski definition) is 9. The monoisotopic (exact) mass is 774 g/mol. The molecule has 2 aliphatic carbocycles. The lowest BCUT2D eigenvalue weighted by atomic mass is 10.0. The molecular formula is C41H46N10O6. The molecule has 3 aromatic heterocycles. The molecule has 16 heteroatoms. The lowest BCUT2D eigenvalue weighted by Gasteiger charge is -2.31. The Morgan fingerprint density at radius 3 is 2.02 bits per heavy atom. The van der Waals surface area contributed by atoms with E-state index in [1.54, 1.807) is 12.4 Å². The van der Waals surface area contributed by atoms with E-state index in [9.17, 15) is 24.3 Å². The maximum absolute atomic E-state index is 13.9. The molecule has 4 amide bonds. The minimum absolute atomic E-state index is 0.105. The van der Waals surface area contributed by atoms with E-state index >= 15 is 0 Å². The first-order valence-corrected chi connectivity index (χ1v) is 19.7. The third-order valence-electron chi connectivity index (χ3n) is 12.2. The molecule has 0 unspecified atom stereocenters. The number of H-pyrrole nitrogens is 2. The number of benzene rings is 2. The molecule has 2 aromatic carbocycles. The van der Waals surface area contributed by atoms with E-state index in [0.29, 0.717) is 28.9 Å². The zero-order valence-corrected chi connectivity index (χ0v) is 32.4. The molecule has 57 heavy (non-hydrogen) atoms. The summed E-state index contributed by atoms with van der Waals surface area (Å²) in [5, 5.41) is 14.5. The number of nitrogens with zero attached hydrogens (tertiary/aromatic N) is 6. The average Bonchev–Trinajstić information content (AvgIpc) is 3.82. The summed E-state index contributed by atoms with van der Waals surface area (Å²) >= 11 is 0. The van der Waals surface area contributed by atoms with Crippen molar-refractivity contribution in [1.29, 1.82) is 0 Å². The predicted octanol–water partition coefficient (Wildman–Crippen LogP) is 5.56. The minimum atomic E-state index is -1.21. The van der Waals surface area contributed by atoms with Crippen molar-refractivity contribution < 1.29 is 29.0 Å². The van der Waals surface area contributed by atoms with E-state index in [1.807, 2.05) is 73.9 Å². The fraction of sp³-hybridized carbons (Fsp3) is 0.463. The third kappa shape index (κ3) is 6.59. The Bertz CT molecular complexity index is 2420. The standard InChI is InChI=1S/C41H46N10O6/c1-18(2)34(48-40(54)55)38(52)50-30-12-22(30)14-32(50)36-43-17-29(47-36)20-6-8-24-26(10-20)42-16-28(44-24)21-7-9-25-27(11-21)46-37(45-25)33-15-23-13-31(23)51(33)39(53)35(19(3)4)49-41(56)57-5/h6-11,16-19,22-23,30-35,48H,12-15H2,1-5H3,(H,43,47)(H,45,46)(H,49,56)(H,54,55)/t22-,23+,30-,31-,32+,33+,34+,35+/m1/s1. The normalized spacial score (nSPS) is 24.4. The lowest BCUT2D eigenvalue weighted by molar-refractivity contribution is -0.137. The van der Waals surface area contributed by atoms with E-state index in [0.717, 1.165) is 64.9 Å². The summed E-state index contributed by atoms with van der Waals surface area (Å²) in [5.74, 6) is 1.58. The van der Waals surface area contributed by atoms with Crippen LogP contribution in [0.25, 0.3) is 44.6 Å². The number of carboxylic acid groups (broad SMARTS) is 1.